The van der Waals surface area contributed by atoms with Crippen LogP contribution in [-0.4, -0.2) is 45.9 Å². The molecular formula is C20H22F2N2O5S2. The Labute approximate surface area is 180 Å². The van der Waals surface area contributed by atoms with Gasteiger partial charge in [-0.3, -0.25) is 4.79 Å². The van der Waals surface area contributed by atoms with Crippen molar-refractivity contribution in [2.24, 2.45) is 0 Å². The second-order valence-electron chi connectivity index (χ2n) is 7.12. The molecule has 0 atom stereocenters. The van der Waals surface area contributed by atoms with E-state index in [0.717, 1.165) is 43.5 Å². The van der Waals surface area contributed by atoms with E-state index in [4.69, 9.17) is 0 Å². The zero-order valence-corrected chi connectivity index (χ0v) is 18.1. The van der Waals surface area contributed by atoms with Gasteiger partial charge < -0.3 is 5.32 Å². The Bertz CT molecular complexity index is 1140. The Morgan fingerprint density at radius 3 is 2.19 bits per heavy atom. The third-order valence-electron chi connectivity index (χ3n) is 4.98. The van der Waals surface area contributed by atoms with E-state index in [1.807, 2.05) is 0 Å². The maximum absolute atomic E-state index is 12.8. The normalized spacial score (nSPS) is 15.7. The van der Waals surface area contributed by atoms with Crippen LogP contribution in [0.4, 0.5) is 8.78 Å². The van der Waals surface area contributed by atoms with Crippen molar-refractivity contribution >= 4 is 25.8 Å². The molecule has 0 aliphatic carbocycles. The van der Waals surface area contributed by atoms with E-state index in [1.54, 1.807) is 12.1 Å². The fraction of sp³-hybridized carbons (Fsp3) is 0.350. The second-order valence-corrected chi connectivity index (χ2v) is 11.0. The van der Waals surface area contributed by atoms with Crippen molar-refractivity contribution < 1.29 is 30.4 Å². The molecule has 2 aromatic carbocycles. The number of sulfonamides is 1. The molecule has 1 aliphatic heterocycles. The van der Waals surface area contributed by atoms with Crippen molar-refractivity contribution in [1.82, 2.24) is 9.62 Å². The predicted molar refractivity (Wildman–Crippen MR) is 110 cm³/mol. The quantitative estimate of drug-likeness (QED) is 0.668. The molecule has 31 heavy (non-hydrogen) atoms. The number of carbonyl (C=O) groups is 1. The number of carbonyl (C=O) groups excluding carboxylic acids is 1. The van der Waals surface area contributed by atoms with Crippen LogP contribution in [0.15, 0.2) is 58.3 Å². The van der Waals surface area contributed by atoms with E-state index < -0.39 is 36.4 Å². The van der Waals surface area contributed by atoms with Gasteiger partial charge in [0.1, 0.15) is 0 Å². The van der Waals surface area contributed by atoms with Gasteiger partial charge in [0.2, 0.25) is 19.9 Å². The van der Waals surface area contributed by atoms with Gasteiger partial charge in [-0.1, -0.05) is 18.6 Å². The summed E-state index contributed by atoms with van der Waals surface area (Å²) >= 11 is 0. The molecule has 0 unspecified atom stereocenters. The summed E-state index contributed by atoms with van der Waals surface area (Å²) in [6.07, 6.45) is 2.66. The van der Waals surface area contributed by atoms with Gasteiger partial charge in [-0.15, -0.1) is 0 Å². The van der Waals surface area contributed by atoms with Crippen LogP contribution < -0.4 is 5.32 Å². The molecule has 0 saturated carbocycles. The van der Waals surface area contributed by atoms with Crippen LogP contribution in [-0.2, 0) is 26.4 Å². The average molecular weight is 473 g/mol. The van der Waals surface area contributed by atoms with Crippen LogP contribution in [0.3, 0.4) is 0 Å². The maximum Gasteiger partial charge on any atom is 0.341 e. The van der Waals surface area contributed by atoms with E-state index in [0.29, 0.717) is 18.7 Å². The molecule has 0 aromatic heterocycles. The van der Waals surface area contributed by atoms with Crippen molar-refractivity contribution in [3.8, 4) is 0 Å². The molecule has 168 valence electrons. The second kappa shape index (κ2) is 9.41. The van der Waals surface area contributed by atoms with Gasteiger partial charge in [-0.05, 0) is 54.8 Å². The minimum atomic E-state index is -4.73. The summed E-state index contributed by atoms with van der Waals surface area (Å²) in [5.41, 5.74) is 0.661. The van der Waals surface area contributed by atoms with Gasteiger partial charge in [0.25, 0.3) is 5.91 Å². The topological polar surface area (TPSA) is 101 Å². The van der Waals surface area contributed by atoms with Crippen LogP contribution in [0, 0.1) is 0 Å². The monoisotopic (exact) mass is 472 g/mol. The zero-order valence-electron chi connectivity index (χ0n) is 16.5. The zero-order chi connectivity index (χ0) is 22.6. The fourth-order valence-electron chi connectivity index (χ4n) is 3.25. The average Bonchev–Trinajstić information content (AvgIpc) is 2.78. The number of benzene rings is 2. The lowest BCUT2D eigenvalue weighted by molar-refractivity contribution is 0.0950. The highest BCUT2D eigenvalue weighted by Gasteiger charge is 2.27. The molecule has 0 bridgehead atoms. The largest absolute Gasteiger partial charge is 0.348 e. The molecule has 1 fully saturated rings. The third-order valence-corrected chi connectivity index (χ3v) is 8.28. The fourth-order valence-corrected chi connectivity index (χ4v) is 5.56. The first-order valence-corrected chi connectivity index (χ1v) is 12.6. The van der Waals surface area contributed by atoms with Crippen molar-refractivity contribution in [3.05, 3.63) is 59.7 Å². The minimum Gasteiger partial charge on any atom is -0.348 e. The van der Waals surface area contributed by atoms with Crippen molar-refractivity contribution in [3.63, 3.8) is 0 Å². The van der Waals surface area contributed by atoms with E-state index in [9.17, 15) is 30.4 Å². The molecule has 1 N–H and O–H groups in total. The lowest BCUT2D eigenvalue weighted by atomic mass is 10.2. The van der Waals surface area contributed by atoms with Crippen molar-refractivity contribution in [2.45, 2.75) is 41.4 Å². The Kier molecular flexibility index (Phi) is 7.07. The number of hydrogen-bond donors (Lipinski definition) is 1. The van der Waals surface area contributed by atoms with Crippen molar-refractivity contribution in [1.29, 1.82) is 0 Å². The summed E-state index contributed by atoms with van der Waals surface area (Å²) in [6, 6.07) is 10.5. The number of nitrogens with one attached hydrogen (secondary N) is 1. The molecule has 11 heteroatoms. The van der Waals surface area contributed by atoms with Gasteiger partial charge in [0, 0.05) is 25.2 Å². The highest BCUT2D eigenvalue weighted by Crippen LogP contribution is 2.22. The first kappa shape index (κ1) is 23.3. The first-order chi connectivity index (χ1) is 14.6. The predicted octanol–water partition coefficient (Wildman–Crippen LogP) is 2.79. The molecule has 1 aliphatic rings. The Morgan fingerprint density at radius 2 is 1.58 bits per heavy atom. The number of amides is 1. The van der Waals surface area contributed by atoms with Gasteiger partial charge in [-0.2, -0.15) is 13.1 Å². The molecular weight excluding hydrogens is 450 g/mol. The van der Waals surface area contributed by atoms with Crippen molar-refractivity contribution in [2.75, 3.05) is 13.1 Å². The van der Waals surface area contributed by atoms with Crippen LogP contribution in [0.5, 0.6) is 0 Å². The van der Waals surface area contributed by atoms with Crippen LogP contribution in [0.25, 0.3) is 0 Å². The molecule has 1 heterocycles. The summed E-state index contributed by atoms with van der Waals surface area (Å²) in [4.78, 5) is 11.9. The van der Waals surface area contributed by atoms with Gasteiger partial charge in [0.15, 0.2) is 0 Å². The number of rotatable bonds is 7. The Balaban J connectivity index is 1.68. The number of alkyl halides is 2. The first-order valence-electron chi connectivity index (χ1n) is 9.62. The summed E-state index contributed by atoms with van der Waals surface area (Å²) in [6.45, 7) is 1.01. The number of sulfone groups is 1. The van der Waals surface area contributed by atoms with E-state index in [-0.39, 0.29) is 17.0 Å². The molecule has 3 rings (SSSR count). The number of nitrogens with zero attached hydrogens (tertiary/aromatic N) is 1. The number of hydrogen-bond acceptors (Lipinski definition) is 5. The molecule has 1 amide bonds. The lowest BCUT2D eigenvalue weighted by Crippen LogP contribution is -2.35. The smallest absolute Gasteiger partial charge is 0.341 e. The SMILES string of the molecule is O=C(NCc1cccc(S(=O)(=O)N2CCCCC2)c1)c1ccc(S(=O)(=O)C(F)F)cc1. The third kappa shape index (κ3) is 5.28. The van der Waals surface area contributed by atoms with Crippen LogP contribution in [0.2, 0.25) is 0 Å². The number of piperidine rings is 1. The molecule has 2 aromatic rings. The Morgan fingerprint density at radius 1 is 0.935 bits per heavy atom. The van der Waals surface area contributed by atoms with E-state index >= 15 is 0 Å². The standard InChI is InChI=1S/C20H22F2N2O5S2/c21-20(22)30(26,27)17-9-7-16(8-10-17)19(25)23-14-15-5-4-6-18(13-15)31(28,29)24-11-2-1-3-12-24/h4-10,13,20H,1-3,11-12,14H2,(H,23,25). The molecule has 7 nitrogen and oxygen atoms in total. The summed E-state index contributed by atoms with van der Waals surface area (Å²) in [7, 11) is -8.33. The van der Waals surface area contributed by atoms with E-state index in [2.05, 4.69) is 5.32 Å². The molecule has 0 radical (unpaired) electrons. The van der Waals surface area contributed by atoms with Crippen LogP contribution >= 0.6 is 0 Å². The minimum absolute atomic E-state index is 0.0409. The lowest BCUT2D eigenvalue weighted by Gasteiger charge is -2.26. The van der Waals surface area contributed by atoms with Gasteiger partial charge >= 0.3 is 5.76 Å². The van der Waals surface area contributed by atoms with Crippen LogP contribution in [0.1, 0.15) is 35.2 Å². The molecule has 1 saturated heterocycles. The van der Waals surface area contributed by atoms with E-state index in [1.165, 1.54) is 16.4 Å². The maximum atomic E-state index is 12.8. The highest BCUT2D eigenvalue weighted by atomic mass is 32.2. The summed E-state index contributed by atoms with van der Waals surface area (Å²) in [5, 5.41) is 2.61. The summed E-state index contributed by atoms with van der Waals surface area (Å²) in [5.74, 6) is -4.09. The highest BCUT2D eigenvalue weighted by molar-refractivity contribution is 7.91. The summed E-state index contributed by atoms with van der Waals surface area (Å²) < 4.78 is 75.1. The number of halogens is 2. The van der Waals surface area contributed by atoms with Gasteiger partial charge in [-0.25, -0.2) is 16.8 Å². The Hall–Kier alpha value is -2.37. The van der Waals surface area contributed by atoms with Gasteiger partial charge in [0.05, 0.1) is 9.79 Å². The molecule has 0 spiro atoms.